The molecule has 0 heterocycles. The van der Waals surface area contributed by atoms with E-state index >= 15 is 0 Å². The van der Waals surface area contributed by atoms with Crippen LogP contribution in [0.4, 0.5) is 0 Å². The lowest BCUT2D eigenvalue weighted by Gasteiger charge is -2.10. The molecule has 0 aromatic rings. The molecular formula is C8H17NO6S. The zero-order valence-corrected chi connectivity index (χ0v) is 10.1. The van der Waals surface area contributed by atoms with Gasteiger partial charge in [-0.15, -0.1) is 0 Å². The summed E-state index contributed by atoms with van der Waals surface area (Å²) >= 11 is 0. The minimum Gasteiger partial charge on any atom is -0.480 e. The lowest BCUT2D eigenvalue weighted by atomic mass is 10.4. The third-order valence-electron chi connectivity index (χ3n) is 1.65. The molecule has 0 aromatic heterocycles. The second-order valence-electron chi connectivity index (χ2n) is 3.10. The van der Waals surface area contributed by atoms with E-state index < -0.39 is 22.0 Å². The zero-order valence-electron chi connectivity index (χ0n) is 9.30. The largest absolute Gasteiger partial charge is 0.480 e. The molecule has 0 aliphatic rings. The van der Waals surface area contributed by atoms with Gasteiger partial charge in [0, 0.05) is 7.11 Å². The fraction of sp³-hybridized carbons (Fsp3) is 0.875. The summed E-state index contributed by atoms with van der Waals surface area (Å²) in [5.41, 5.74) is 0. The van der Waals surface area contributed by atoms with Crippen molar-refractivity contribution in [2.24, 2.45) is 0 Å². The standard InChI is InChI=1S/C8H17NO6S/c1-7(8(10)11)9-16(12,13)6-5-15-4-3-14-2/h7,9H,3-6H2,1-2H3,(H,10,11)/t7-/m0/s1. The van der Waals surface area contributed by atoms with Crippen molar-refractivity contribution in [1.29, 1.82) is 0 Å². The van der Waals surface area contributed by atoms with Crippen LogP contribution in [0, 0.1) is 0 Å². The lowest BCUT2D eigenvalue weighted by molar-refractivity contribution is -0.138. The normalized spacial score (nSPS) is 13.6. The van der Waals surface area contributed by atoms with Crippen LogP contribution in [0.1, 0.15) is 6.92 Å². The highest BCUT2D eigenvalue weighted by atomic mass is 32.2. The Morgan fingerprint density at radius 2 is 2.00 bits per heavy atom. The maximum atomic E-state index is 11.3. The Balaban J connectivity index is 3.83. The summed E-state index contributed by atoms with van der Waals surface area (Å²) in [6.07, 6.45) is 0. The molecule has 0 fully saturated rings. The first-order valence-electron chi connectivity index (χ1n) is 4.68. The van der Waals surface area contributed by atoms with Gasteiger partial charge < -0.3 is 14.6 Å². The minimum absolute atomic E-state index is 0.00499. The van der Waals surface area contributed by atoms with Crippen molar-refractivity contribution in [2.75, 3.05) is 32.7 Å². The molecule has 7 nitrogen and oxygen atoms in total. The van der Waals surface area contributed by atoms with Crippen molar-refractivity contribution in [1.82, 2.24) is 4.72 Å². The van der Waals surface area contributed by atoms with Crippen LogP contribution in [-0.4, -0.2) is 58.2 Å². The predicted molar refractivity (Wildman–Crippen MR) is 56.7 cm³/mol. The van der Waals surface area contributed by atoms with Crippen LogP contribution in [0.2, 0.25) is 0 Å². The van der Waals surface area contributed by atoms with Gasteiger partial charge in [0.25, 0.3) is 0 Å². The van der Waals surface area contributed by atoms with Gasteiger partial charge in [0.05, 0.1) is 25.6 Å². The van der Waals surface area contributed by atoms with Gasteiger partial charge in [-0.05, 0) is 6.92 Å². The van der Waals surface area contributed by atoms with E-state index in [1.165, 1.54) is 14.0 Å². The molecule has 0 radical (unpaired) electrons. The van der Waals surface area contributed by atoms with Gasteiger partial charge in [-0.1, -0.05) is 0 Å². The molecule has 0 bridgehead atoms. The van der Waals surface area contributed by atoms with E-state index in [1.54, 1.807) is 0 Å². The predicted octanol–water partition coefficient (Wildman–Crippen LogP) is -0.958. The van der Waals surface area contributed by atoms with E-state index in [-0.39, 0.29) is 12.4 Å². The van der Waals surface area contributed by atoms with Crippen molar-refractivity contribution in [3.63, 3.8) is 0 Å². The van der Waals surface area contributed by atoms with Crippen molar-refractivity contribution < 1.29 is 27.8 Å². The molecule has 0 amide bonds. The van der Waals surface area contributed by atoms with Crippen molar-refractivity contribution in [3.05, 3.63) is 0 Å². The maximum absolute atomic E-state index is 11.3. The zero-order chi connectivity index (χ0) is 12.6. The second kappa shape index (κ2) is 7.55. The number of aliphatic carboxylic acids is 1. The summed E-state index contributed by atoms with van der Waals surface area (Å²) in [6, 6.07) is -1.14. The summed E-state index contributed by atoms with van der Waals surface area (Å²) in [5, 5.41) is 8.51. The lowest BCUT2D eigenvalue weighted by Crippen LogP contribution is -2.40. The molecule has 96 valence electrons. The Bertz CT molecular complexity index is 302. The highest BCUT2D eigenvalue weighted by Crippen LogP contribution is 1.91. The van der Waals surface area contributed by atoms with Crippen LogP contribution in [0.25, 0.3) is 0 Å². The highest BCUT2D eigenvalue weighted by Gasteiger charge is 2.18. The molecule has 0 saturated heterocycles. The summed E-state index contributed by atoms with van der Waals surface area (Å²) in [4.78, 5) is 10.4. The molecule has 8 heteroatoms. The number of nitrogens with one attached hydrogen (secondary N) is 1. The first-order valence-corrected chi connectivity index (χ1v) is 6.34. The first-order chi connectivity index (χ1) is 7.39. The van der Waals surface area contributed by atoms with Crippen LogP contribution in [0.3, 0.4) is 0 Å². The van der Waals surface area contributed by atoms with E-state index in [4.69, 9.17) is 14.6 Å². The first kappa shape index (κ1) is 15.3. The molecule has 0 aliphatic heterocycles. The smallest absolute Gasteiger partial charge is 0.321 e. The average molecular weight is 255 g/mol. The number of carboxylic acids is 1. The van der Waals surface area contributed by atoms with Gasteiger partial charge in [0.2, 0.25) is 10.0 Å². The number of hydrogen-bond donors (Lipinski definition) is 2. The highest BCUT2D eigenvalue weighted by molar-refractivity contribution is 7.89. The molecule has 0 aromatic carbocycles. The molecular weight excluding hydrogens is 238 g/mol. The third kappa shape index (κ3) is 7.57. The maximum Gasteiger partial charge on any atom is 0.321 e. The minimum atomic E-state index is -3.61. The SMILES string of the molecule is COCCOCCS(=O)(=O)N[C@@H](C)C(=O)O. The molecule has 0 spiro atoms. The molecule has 1 atom stereocenters. The molecule has 0 aliphatic carbocycles. The Morgan fingerprint density at radius 3 is 2.50 bits per heavy atom. The summed E-state index contributed by atoms with van der Waals surface area (Å²) in [5.74, 6) is -1.49. The second-order valence-corrected chi connectivity index (χ2v) is 4.98. The van der Waals surface area contributed by atoms with Crippen LogP contribution in [0.15, 0.2) is 0 Å². The summed E-state index contributed by atoms with van der Waals surface area (Å²) in [7, 11) is -2.10. The van der Waals surface area contributed by atoms with Gasteiger partial charge in [-0.25, -0.2) is 13.1 Å². The fourth-order valence-electron chi connectivity index (χ4n) is 0.792. The molecule has 2 N–H and O–H groups in total. The van der Waals surface area contributed by atoms with E-state index in [9.17, 15) is 13.2 Å². The number of methoxy groups -OCH3 is 1. The van der Waals surface area contributed by atoms with Crippen LogP contribution < -0.4 is 4.72 Å². The number of ether oxygens (including phenoxy) is 2. The fourth-order valence-corrected chi connectivity index (χ4v) is 1.89. The van der Waals surface area contributed by atoms with Crippen LogP contribution in [-0.2, 0) is 24.3 Å². The van der Waals surface area contributed by atoms with Crippen molar-refractivity contribution >= 4 is 16.0 Å². The average Bonchev–Trinajstić information content (AvgIpc) is 2.16. The number of rotatable bonds is 9. The van der Waals surface area contributed by atoms with E-state index in [0.29, 0.717) is 13.2 Å². The summed E-state index contributed by atoms with van der Waals surface area (Å²) < 4.78 is 34.3. The van der Waals surface area contributed by atoms with Gasteiger partial charge in [0.15, 0.2) is 0 Å². The molecule has 0 unspecified atom stereocenters. The molecule has 0 rings (SSSR count). The number of hydrogen-bond acceptors (Lipinski definition) is 5. The van der Waals surface area contributed by atoms with Gasteiger partial charge in [-0.2, -0.15) is 0 Å². The van der Waals surface area contributed by atoms with Crippen molar-refractivity contribution in [3.8, 4) is 0 Å². The van der Waals surface area contributed by atoms with Crippen LogP contribution in [0.5, 0.6) is 0 Å². The summed E-state index contributed by atoms with van der Waals surface area (Å²) in [6.45, 7) is 1.95. The van der Waals surface area contributed by atoms with E-state index in [2.05, 4.69) is 0 Å². The Labute approximate surface area is 94.8 Å². The van der Waals surface area contributed by atoms with E-state index in [0.717, 1.165) is 0 Å². The number of carboxylic acid groups (broad SMARTS) is 1. The quantitative estimate of drug-likeness (QED) is 0.515. The molecule has 0 saturated carbocycles. The van der Waals surface area contributed by atoms with Crippen molar-refractivity contribution in [2.45, 2.75) is 13.0 Å². The van der Waals surface area contributed by atoms with Crippen LogP contribution >= 0.6 is 0 Å². The van der Waals surface area contributed by atoms with Gasteiger partial charge in [0.1, 0.15) is 6.04 Å². The van der Waals surface area contributed by atoms with Gasteiger partial charge >= 0.3 is 5.97 Å². The third-order valence-corrected chi connectivity index (χ3v) is 3.07. The Hall–Kier alpha value is -0.700. The monoisotopic (exact) mass is 255 g/mol. The van der Waals surface area contributed by atoms with E-state index in [1.807, 2.05) is 4.72 Å². The topological polar surface area (TPSA) is 102 Å². The van der Waals surface area contributed by atoms with Gasteiger partial charge in [-0.3, -0.25) is 4.79 Å². The Kier molecular flexibility index (Phi) is 7.22. The Morgan fingerprint density at radius 1 is 1.38 bits per heavy atom. The number of sulfonamides is 1. The number of carbonyl (C=O) groups is 1. The molecule has 16 heavy (non-hydrogen) atoms.